The van der Waals surface area contributed by atoms with Gasteiger partial charge in [-0.3, -0.25) is 0 Å². The molecule has 0 aliphatic carbocycles. The van der Waals surface area contributed by atoms with Crippen molar-refractivity contribution in [1.29, 1.82) is 0 Å². The van der Waals surface area contributed by atoms with E-state index in [1.165, 1.54) is 16.7 Å². The molecule has 0 radical (unpaired) electrons. The largest absolute Gasteiger partial charge is 0.396 e. The normalized spacial score (nSPS) is 12.3. The maximum absolute atomic E-state index is 9.47. The molecule has 1 N–H and O–H groups in total. The van der Waals surface area contributed by atoms with Gasteiger partial charge in [0, 0.05) is 12.5 Å². The van der Waals surface area contributed by atoms with Crippen LogP contribution in [0, 0.1) is 12.8 Å². The van der Waals surface area contributed by atoms with Crippen LogP contribution in [0.5, 0.6) is 0 Å². The van der Waals surface area contributed by atoms with Crippen LogP contribution >= 0.6 is 0 Å². The molecular weight excluding hydrogens is 248 g/mol. The van der Waals surface area contributed by atoms with Crippen molar-refractivity contribution >= 4 is 0 Å². The van der Waals surface area contributed by atoms with Crippen LogP contribution in [-0.2, 0) is 17.8 Å². The van der Waals surface area contributed by atoms with Crippen LogP contribution in [0.2, 0.25) is 0 Å². The number of aryl methyl sites for hydroxylation is 1. The molecule has 0 aliphatic heterocycles. The molecule has 2 rings (SSSR count). The first kappa shape index (κ1) is 14.8. The van der Waals surface area contributed by atoms with E-state index in [-0.39, 0.29) is 12.5 Å². The molecule has 0 aliphatic rings. The fraction of sp³-hybridized carbons (Fsp3) is 0.333. The molecule has 0 amide bonds. The van der Waals surface area contributed by atoms with Crippen molar-refractivity contribution in [2.75, 3.05) is 13.2 Å². The van der Waals surface area contributed by atoms with Crippen molar-refractivity contribution in [3.63, 3.8) is 0 Å². The standard InChI is InChI=1S/C18H22O2/c1-15-6-5-9-17(10-15)11-18(12-19)14-20-13-16-7-3-2-4-8-16/h2-10,18-19H,11-14H2,1H3. The minimum atomic E-state index is 0.153. The van der Waals surface area contributed by atoms with Crippen molar-refractivity contribution in [1.82, 2.24) is 0 Å². The Bertz CT molecular complexity index is 508. The second kappa shape index (κ2) is 7.83. The van der Waals surface area contributed by atoms with E-state index in [9.17, 15) is 5.11 Å². The molecule has 0 fully saturated rings. The average molecular weight is 270 g/mol. The monoisotopic (exact) mass is 270 g/mol. The Labute approximate surface area is 121 Å². The van der Waals surface area contributed by atoms with Gasteiger partial charge in [0.1, 0.15) is 0 Å². The van der Waals surface area contributed by atoms with E-state index >= 15 is 0 Å². The molecule has 0 bridgehead atoms. The minimum Gasteiger partial charge on any atom is -0.396 e. The second-order valence-electron chi connectivity index (χ2n) is 5.24. The van der Waals surface area contributed by atoms with Gasteiger partial charge in [0.05, 0.1) is 13.2 Å². The molecule has 2 aromatic carbocycles. The van der Waals surface area contributed by atoms with Crippen LogP contribution in [0.15, 0.2) is 54.6 Å². The summed E-state index contributed by atoms with van der Waals surface area (Å²) >= 11 is 0. The van der Waals surface area contributed by atoms with Gasteiger partial charge in [-0.25, -0.2) is 0 Å². The molecule has 0 aromatic heterocycles. The zero-order valence-corrected chi connectivity index (χ0v) is 12.0. The van der Waals surface area contributed by atoms with Gasteiger partial charge in [0.2, 0.25) is 0 Å². The highest BCUT2D eigenvalue weighted by molar-refractivity contribution is 5.22. The molecule has 0 saturated heterocycles. The van der Waals surface area contributed by atoms with Gasteiger partial charge in [-0.2, -0.15) is 0 Å². The Hall–Kier alpha value is -1.64. The summed E-state index contributed by atoms with van der Waals surface area (Å²) in [5.74, 6) is 0.153. The molecule has 1 unspecified atom stereocenters. The number of benzene rings is 2. The first-order valence-electron chi connectivity index (χ1n) is 7.06. The van der Waals surface area contributed by atoms with Crippen LogP contribution in [0.25, 0.3) is 0 Å². The van der Waals surface area contributed by atoms with Crippen molar-refractivity contribution < 1.29 is 9.84 Å². The number of hydrogen-bond acceptors (Lipinski definition) is 2. The van der Waals surface area contributed by atoms with Gasteiger partial charge in [0.25, 0.3) is 0 Å². The van der Waals surface area contributed by atoms with E-state index in [1.54, 1.807) is 0 Å². The van der Waals surface area contributed by atoms with Gasteiger partial charge in [-0.05, 0) is 24.5 Å². The number of rotatable bonds is 7. The third kappa shape index (κ3) is 4.80. The van der Waals surface area contributed by atoms with E-state index in [0.29, 0.717) is 13.2 Å². The van der Waals surface area contributed by atoms with Crippen LogP contribution in [0.3, 0.4) is 0 Å². The summed E-state index contributed by atoms with van der Waals surface area (Å²) in [6.45, 7) is 3.43. The van der Waals surface area contributed by atoms with Crippen molar-refractivity contribution in [3.05, 3.63) is 71.3 Å². The van der Waals surface area contributed by atoms with E-state index in [4.69, 9.17) is 4.74 Å². The quantitative estimate of drug-likeness (QED) is 0.836. The maximum atomic E-state index is 9.47. The average Bonchev–Trinajstić information content (AvgIpc) is 2.47. The molecule has 20 heavy (non-hydrogen) atoms. The molecule has 0 spiro atoms. The lowest BCUT2D eigenvalue weighted by Gasteiger charge is -2.15. The van der Waals surface area contributed by atoms with E-state index in [0.717, 1.165) is 6.42 Å². The van der Waals surface area contributed by atoms with Crippen molar-refractivity contribution in [3.8, 4) is 0 Å². The van der Waals surface area contributed by atoms with Gasteiger partial charge >= 0.3 is 0 Å². The summed E-state index contributed by atoms with van der Waals surface area (Å²) in [6.07, 6.45) is 0.854. The van der Waals surface area contributed by atoms with Gasteiger partial charge in [-0.1, -0.05) is 60.2 Å². The van der Waals surface area contributed by atoms with E-state index in [2.05, 4.69) is 43.3 Å². The van der Waals surface area contributed by atoms with E-state index in [1.807, 2.05) is 18.2 Å². The maximum Gasteiger partial charge on any atom is 0.0717 e. The highest BCUT2D eigenvalue weighted by atomic mass is 16.5. The SMILES string of the molecule is Cc1cccc(CC(CO)COCc2ccccc2)c1. The first-order chi connectivity index (χ1) is 9.78. The van der Waals surface area contributed by atoms with Gasteiger partial charge < -0.3 is 9.84 Å². The lowest BCUT2D eigenvalue weighted by atomic mass is 9.99. The summed E-state index contributed by atoms with van der Waals surface area (Å²) in [4.78, 5) is 0. The van der Waals surface area contributed by atoms with E-state index < -0.39 is 0 Å². The molecule has 106 valence electrons. The fourth-order valence-electron chi connectivity index (χ4n) is 2.27. The number of ether oxygens (including phenoxy) is 1. The summed E-state index contributed by atoms with van der Waals surface area (Å²) in [7, 11) is 0. The molecule has 2 aromatic rings. The topological polar surface area (TPSA) is 29.5 Å². The fourth-order valence-corrected chi connectivity index (χ4v) is 2.27. The molecule has 0 heterocycles. The zero-order valence-electron chi connectivity index (χ0n) is 12.0. The predicted molar refractivity (Wildman–Crippen MR) is 81.6 cm³/mol. The van der Waals surface area contributed by atoms with Crippen molar-refractivity contribution in [2.24, 2.45) is 5.92 Å². The Morgan fingerprint density at radius 3 is 2.45 bits per heavy atom. The smallest absolute Gasteiger partial charge is 0.0717 e. The van der Waals surface area contributed by atoms with Crippen LogP contribution < -0.4 is 0 Å². The number of aliphatic hydroxyl groups excluding tert-OH is 1. The zero-order chi connectivity index (χ0) is 14.2. The first-order valence-corrected chi connectivity index (χ1v) is 7.06. The molecule has 0 saturated carbocycles. The summed E-state index contributed by atoms with van der Waals surface area (Å²) in [5.41, 5.74) is 3.68. The predicted octanol–water partition coefficient (Wildman–Crippen LogP) is 3.36. The molecule has 1 atom stereocenters. The van der Waals surface area contributed by atoms with Crippen LogP contribution in [0.4, 0.5) is 0 Å². The Morgan fingerprint density at radius 2 is 1.75 bits per heavy atom. The van der Waals surface area contributed by atoms with Crippen LogP contribution in [-0.4, -0.2) is 18.3 Å². The van der Waals surface area contributed by atoms with Gasteiger partial charge in [-0.15, -0.1) is 0 Å². The second-order valence-corrected chi connectivity index (χ2v) is 5.24. The number of hydrogen-bond donors (Lipinski definition) is 1. The molecule has 2 heteroatoms. The third-order valence-electron chi connectivity index (χ3n) is 3.33. The molecular formula is C18H22O2. The Morgan fingerprint density at radius 1 is 1.00 bits per heavy atom. The lowest BCUT2D eigenvalue weighted by Crippen LogP contribution is -2.16. The molecule has 2 nitrogen and oxygen atoms in total. The van der Waals surface area contributed by atoms with Gasteiger partial charge in [0.15, 0.2) is 0 Å². The van der Waals surface area contributed by atoms with Crippen molar-refractivity contribution in [2.45, 2.75) is 20.0 Å². The summed E-state index contributed by atoms with van der Waals surface area (Å²) in [6, 6.07) is 18.5. The highest BCUT2D eigenvalue weighted by Crippen LogP contribution is 2.12. The summed E-state index contributed by atoms with van der Waals surface area (Å²) in [5, 5.41) is 9.47. The minimum absolute atomic E-state index is 0.153. The number of aliphatic hydroxyl groups is 1. The lowest BCUT2D eigenvalue weighted by molar-refractivity contribution is 0.0630. The Balaban J connectivity index is 1.80. The highest BCUT2D eigenvalue weighted by Gasteiger charge is 2.09. The van der Waals surface area contributed by atoms with Crippen LogP contribution in [0.1, 0.15) is 16.7 Å². The third-order valence-corrected chi connectivity index (χ3v) is 3.33. The summed E-state index contributed by atoms with van der Waals surface area (Å²) < 4.78 is 5.72. The Kier molecular flexibility index (Phi) is 5.78.